The molecule has 2 amide bonds. The van der Waals surface area contributed by atoms with Gasteiger partial charge in [-0.05, 0) is 19.8 Å². The summed E-state index contributed by atoms with van der Waals surface area (Å²) < 4.78 is 0. The Bertz CT molecular complexity index is 247. The first kappa shape index (κ1) is 11.0. The Balaban J connectivity index is 2.93. The molecule has 14 heavy (non-hydrogen) atoms. The number of hydrogen-bond acceptors (Lipinski definition) is 2. The normalized spacial score (nSPS) is 26.4. The first-order chi connectivity index (χ1) is 6.54. The topological polar surface area (TPSA) is 58.2 Å². The molecule has 1 heterocycles. The first-order valence-corrected chi connectivity index (χ1v) is 5.16. The summed E-state index contributed by atoms with van der Waals surface area (Å²) in [5, 5.41) is 5.66. The molecule has 1 aliphatic heterocycles. The van der Waals surface area contributed by atoms with Gasteiger partial charge in [0.25, 0.3) is 0 Å². The molecule has 1 rings (SSSR count). The fourth-order valence-corrected chi connectivity index (χ4v) is 1.81. The highest BCUT2D eigenvalue weighted by Crippen LogP contribution is 2.18. The van der Waals surface area contributed by atoms with Crippen molar-refractivity contribution in [3.63, 3.8) is 0 Å². The quantitative estimate of drug-likeness (QED) is 0.681. The van der Waals surface area contributed by atoms with Crippen LogP contribution in [0.3, 0.4) is 0 Å². The van der Waals surface area contributed by atoms with Gasteiger partial charge in [-0.1, -0.05) is 13.8 Å². The third-order valence-corrected chi connectivity index (χ3v) is 2.89. The predicted molar refractivity (Wildman–Crippen MR) is 53.7 cm³/mol. The maximum atomic E-state index is 11.8. The van der Waals surface area contributed by atoms with Crippen LogP contribution in [0, 0.1) is 0 Å². The van der Waals surface area contributed by atoms with E-state index in [2.05, 4.69) is 10.6 Å². The summed E-state index contributed by atoms with van der Waals surface area (Å²) in [4.78, 5) is 23.3. The summed E-state index contributed by atoms with van der Waals surface area (Å²) in [7, 11) is 0. The zero-order valence-electron chi connectivity index (χ0n) is 9.02. The van der Waals surface area contributed by atoms with Gasteiger partial charge in [0.1, 0.15) is 5.54 Å². The molecule has 4 heteroatoms. The van der Waals surface area contributed by atoms with E-state index in [0.717, 1.165) is 0 Å². The Hall–Kier alpha value is -1.06. The largest absolute Gasteiger partial charge is 0.351 e. The first-order valence-electron chi connectivity index (χ1n) is 5.16. The van der Waals surface area contributed by atoms with Crippen molar-refractivity contribution in [1.82, 2.24) is 10.6 Å². The van der Waals surface area contributed by atoms with Crippen molar-refractivity contribution in [3.05, 3.63) is 0 Å². The number of amides is 2. The summed E-state index contributed by atoms with van der Waals surface area (Å²) in [5.74, 6) is -0.0969. The smallest absolute Gasteiger partial charge is 0.245 e. The van der Waals surface area contributed by atoms with Crippen LogP contribution < -0.4 is 10.6 Å². The molecule has 80 valence electrons. The Morgan fingerprint density at radius 3 is 2.43 bits per heavy atom. The van der Waals surface area contributed by atoms with E-state index in [4.69, 9.17) is 0 Å². The molecule has 4 nitrogen and oxygen atoms in total. The molecule has 0 spiro atoms. The van der Waals surface area contributed by atoms with Crippen molar-refractivity contribution in [2.45, 2.75) is 51.6 Å². The lowest BCUT2D eigenvalue weighted by molar-refractivity contribution is -0.131. The van der Waals surface area contributed by atoms with Gasteiger partial charge in [-0.2, -0.15) is 0 Å². The third-order valence-electron chi connectivity index (χ3n) is 2.89. The molecule has 0 radical (unpaired) electrons. The van der Waals surface area contributed by atoms with Gasteiger partial charge in [0.05, 0.1) is 0 Å². The van der Waals surface area contributed by atoms with Crippen molar-refractivity contribution in [2.75, 3.05) is 0 Å². The lowest BCUT2D eigenvalue weighted by Gasteiger charge is -2.29. The maximum absolute atomic E-state index is 11.8. The zero-order chi connectivity index (χ0) is 10.8. The van der Waals surface area contributed by atoms with Crippen LogP contribution in [0.2, 0.25) is 0 Å². The highest BCUT2D eigenvalue weighted by molar-refractivity contribution is 5.93. The molecule has 1 aliphatic rings. The minimum Gasteiger partial charge on any atom is -0.351 e. The van der Waals surface area contributed by atoms with Crippen molar-refractivity contribution in [1.29, 1.82) is 0 Å². The lowest BCUT2D eigenvalue weighted by atomic mass is 9.92. The number of carbonyl (C=O) groups excluding carboxylic acids is 2. The van der Waals surface area contributed by atoms with Crippen LogP contribution in [0.1, 0.15) is 40.0 Å². The molecule has 1 atom stereocenters. The fraction of sp³-hybridized carbons (Fsp3) is 0.800. The molecule has 0 bridgehead atoms. The van der Waals surface area contributed by atoms with E-state index in [1.807, 2.05) is 20.8 Å². The van der Waals surface area contributed by atoms with Crippen molar-refractivity contribution in [3.8, 4) is 0 Å². The molecule has 1 fully saturated rings. The van der Waals surface area contributed by atoms with Crippen molar-refractivity contribution >= 4 is 11.8 Å². The van der Waals surface area contributed by atoms with Crippen LogP contribution in [-0.4, -0.2) is 23.4 Å². The van der Waals surface area contributed by atoms with Crippen molar-refractivity contribution < 1.29 is 9.59 Å². The van der Waals surface area contributed by atoms with Crippen LogP contribution in [-0.2, 0) is 9.59 Å². The average Bonchev–Trinajstić information content (AvgIpc) is 2.23. The Kier molecular flexibility index (Phi) is 3.13. The van der Waals surface area contributed by atoms with Gasteiger partial charge in [0.15, 0.2) is 0 Å². The van der Waals surface area contributed by atoms with E-state index in [9.17, 15) is 9.59 Å². The molecular weight excluding hydrogens is 180 g/mol. The molecule has 0 aromatic heterocycles. The van der Waals surface area contributed by atoms with E-state index < -0.39 is 5.54 Å². The van der Waals surface area contributed by atoms with Crippen LogP contribution in [0.25, 0.3) is 0 Å². The molecule has 0 aromatic rings. The summed E-state index contributed by atoms with van der Waals surface area (Å²) in [6.07, 6.45) is 1.63. The van der Waals surface area contributed by atoms with Crippen molar-refractivity contribution in [2.24, 2.45) is 0 Å². The van der Waals surface area contributed by atoms with Crippen LogP contribution in [0.4, 0.5) is 0 Å². The monoisotopic (exact) mass is 198 g/mol. The van der Waals surface area contributed by atoms with Crippen LogP contribution >= 0.6 is 0 Å². The number of hydrogen-bond donors (Lipinski definition) is 2. The molecule has 0 aliphatic carbocycles. The molecular formula is C10H18N2O2. The van der Waals surface area contributed by atoms with Gasteiger partial charge < -0.3 is 10.6 Å². The molecule has 1 unspecified atom stereocenters. The standard InChI is InChI=1S/C10H18N2O2/c1-4-10(5-2)9(14)11-7(3)6-8(13)12-10/h7H,4-6H2,1-3H3,(H,11,14)(H,12,13). The van der Waals surface area contributed by atoms with Gasteiger partial charge in [0.2, 0.25) is 11.8 Å². The summed E-state index contributed by atoms with van der Waals surface area (Å²) >= 11 is 0. The Morgan fingerprint density at radius 1 is 1.36 bits per heavy atom. The second-order valence-electron chi connectivity index (χ2n) is 3.92. The van der Waals surface area contributed by atoms with Crippen LogP contribution in [0.5, 0.6) is 0 Å². The summed E-state index contributed by atoms with van der Waals surface area (Å²) in [6, 6.07) is -0.0672. The zero-order valence-corrected chi connectivity index (χ0v) is 9.02. The Labute approximate surface area is 84.4 Å². The second-order valence-corrected chi connectivity index (χ2v) is 3.92. The van der Waals surface area contributed by atoms with E-state index >= 15 is 0 Å². The van der Waals surface area contributed by atoms with Gasteiger partial charge in [-0.25, -0.2) is 0 Å². The Morgan fingerprint density at radius 2 is 1.93 bits per heavy atom. The highest BCUT2D eigenvalue weighted by Gasteiger charge is 2.39. The number of rotatable bonds is 2. The second kappa shape index (κ2) is 3.98. The average molecular weight is 198 g/mol. The van der Waals surface area contributed by atoms with E-state index in [-0.39, 0.29) is 17.9 Å². The number of carbonyl (C=O) groups is 2. The van der Waals surface area contributed by atoms with E-state index in [1.54, 1.807) is 0 Å². The van der Waals surface area contributed by atoms with Gasteiger partial charge >= 0.3 is 0 Å². The van der Waals surface area contributed by atoms with E-state index in [1.165, 1.54) is 0 Å². The minimum absolute atomic E-state index is 0.0421. The maximum Gasteiger partial charge on any atom is 0.245 e. The summed E-state index contributed by atoms with van der Waals surface area (Å²) in [6.45, 7) is 5.68. The minimum atomic E-state index is -0.693. The molecule has 0 saturated carbocycles. The predicted octanol–water partition coefficient (Wildman–Crippen LogP) is 0.570. The van der Waals surface area contributed by atoms with Crippen LogP contribution in [0.15, 0.2) is 0 Å². The molecule has 1 saturated heterocycles. The van der Waals surface area contributed by atoms with Gasteiger partial charge in [0, 0.05) is 12.5 Å². The fourth-order valence-electron chi connectivity index (χ4n) is 1.81. The lowest BCUT2D eigenvalue weighted by Crippen LogP contribution is -2.55. The highest BCUT2D eigenvalue weighted by atomic mass is 16.2. The third kappa shape index (κ3) is 1.89. The SMILES string of the molecule is CCC1(CC)NC(=O)CC(C)NC1=O. The number of nitrogens with one attached hydrogen (secondary N) is 2. The summed E-state index contributed by atoms with van der Waals surface area (Å²) in [5.41, 5.74) is -0.693. The van der Waals surface area contributed by atoms with E-state index in [0.29, 0.717) is 19.3 Å². The molecule has 0 aromatic carbocycles. The molecule has 2 N–H and O–H groups in total. The van der Waals surface area contributed by atoms with Gasteiger partial charge in [-0.3, -0.25) is 9.59 Å². The van der Waals surface area contributed by atoms with Gasteiger partial charge in [-0.15, -0.1) is 0 Å².